The molecule has 4 nitrogen and oxygen atoms in total. The minimum absolute atomic E-state index is 0.352. The largest absolute Gasteiger partial charge is 0.399 e. The van der Waals surface area contributed by atoms with Crippen LogP contribution in [-0.2, 0) is 0 Å². The highest BCUT2D eigenvalue weighted by Crippen LogP contribution is 2.20. The second-order valence-electron chi connectivity index (χ2n) is 3.69. The molecule has 2 atom stereocenters. The highest BCUT2D eigenvalue weighted by atomic mass is 16.3. The first-order valence-electron chi connectivity index (χ1n) is 4.93. The van der Waals surface area contributed by atoms with E-state index in [1.807, 2.05) is 6.92 Å². The monoisotopic (exact) mass is 210 g/mol. The summed E-state index contributed by atoms with van der Waals surface area (Å²) in [4.78, 5) is 0. The Kier molecular flexibility index (Phi) is 4.08. The molecule has 0 saturated carbocycles. The third kappa shape index (κ3) is 2.92. The minimum Gasteiger partial charge on any atom is -0.399 e. The van der Waals surface area contributed by atoms with E-state index in [-0.39, 0.29) is 0 Å². The van der Waals surface area contributed by atoms with Gasteiger partial charge in [-0.2, -0.15) is 0 Å². The molecule has 0 saturated heterocycles. The number of anilines is 1. The Hall–Kier alpha value is -1.10. The van der Waals surface area contributed by atoms with Crippen molar-refractivity contribution in [3.05, 3.63) is 29.3 Å². The van der Waals surface area contributed by atoms with E-state index < -0.39 is 12.2 Å². The van der Waals surface area contributed by atoms with Gasteiger partial charge in [-0.1, -0.05) is 12.1 Å². The van der Waals surface area contributed by atoms with E-state index in [1.165, 1.54) is 0 Å². The zero-order valence-electron chi connectivity index (χ0n) is 9.07. The first-order chi connectivity index (χ1) is 7.06. The Morgan fingerprint density at radius 2 is 2.07 bits per heavy atom. The average molecular weight is 210 g/mol. The molecule has 0 radical (unpaired) electrons. The first kappa shape index (κ1) is 12.0. The molecule has 4 heteroatoms. The van der Waals surface area contributed by atoms with Gasteiger partial charge in [-0.05, 0) is 31.2 Å². The third-order valence-corrected chi connectivity index (χ3v) is 2.41. The maximum absolute atomic E-state index is 9.80. The molecule has 84 valence electrons. The van der Waals surface area contributed by atoms with Gasteiger partial charge in [0, 0.05) is 12.2 Å². The summed E-state index contributed by atoms with van der Waals surface area (Å²) < 4.78 is 0. The van der Waals surface area contributed by atoms with Crippen LogP contribution in [0.3, 0.4) is 0 Å². The highest BCUT2D eigenvalue weighted by molar-refractivity contribution is 5.48. The van der Waals surface area contributed by atoms with Crippen molar-refractivity contribution in [3.63, 3.8) is 0 Å². The zero-order valence-corrected chi connectivity index (χ0v) is 9.07. The molecule has 0 bridgehead atoms. The van der Waals surface area contributed by atoms with E-state index in [0.717, 1.165) is 5.56 Å². The van der Waals surface area contributed by atoms with Gasteiger partial charge in [0.15, 0.2) is 0 Å². The molecule has 1 rings (SSSR count). The van der Waals surface area contributed by atoms with Crippen LogP contribution in [0.25, 0.3) is 0 Å². The molecule has 0 aromatic heterocycles. The molecular formula is C11H18N2O2. The van der Waals surface area contributed by atoms with Crippen molar-refractivity contribution in [2.24, 2.45) is 0 Å². The van der Waals surface area contributed by atoms with Crippen molar-refractivity contribution >= 4 is 5.69 Å². The maximum atomic E-state index is 9.80. The lowest BCUT2D eigenvalue weighted by Gasteiger charge is -2.18. The van der Waals surface area contributed by atoms with Crippen LogP contribution < -0.4 is 11.1 Å². The number of rotatable bonds is 4. The zero-order chi connectivity index (χ0) is 11.4. The summed E-state index contributed by atoms with van der Waals surface area (Å²) in [5, 5.41) is 22.2. The van der Waals surface area contributed by atoms with Crippen molar-refractivity contribution in [2.75, 3.05) is 19.3 Å². The smallest absolute Gasteiger partial charge is 0.106 e. The minimum atomic E-state index is -0.878. The molecule has 1 aromatic carbocycles. The lowest BCUT2D eigenvalue weighted by molar-refractivity contribution is 0.0202. The summed E-state index contributed by atoms with van der Waals surface area (Å²) in [6.45, 7) is 2.22. The topological polar surface area (TPSA) is 78.5 Å². The van der Waals surface area contributed by atoms with E-state index in [9.17, 15) is 10.2 Å². The number of nitrogens with one attached hydrogen (secondary N) is 1. The number of nitrogen functional groups attached to an aromatic ring is 1. The van der Waals surface area contributed by atoms with Crippen LogP contribution in [-0.4, -0.2) is 29.9 Å². The van der Waals surface area contributed by atoms with Crippen LogP contribution in [0.4, 0.5) is 5.69 Å². The predicted molar refractivity (Wildman–Crippen MR) is 60.5 cm³/mol. The fraction of sp³-hybridized carbons (Fsp3) is 0.455. The third-order valence-electron chi connectivity index (χ3n) is 2.41. The van der Waals surface area contributed by atoms with Crippen LogP contribution in [0.5, 0.6) is 0 Å². The van der Waals surface area contributed by atoms with Gasteiger partial charge in [0.25, 0.3) is 0 Å². The van der Waals surface area contributed by atoms with E-state index in [2.05, 4.69) is 5.32 Å². The molecular weight excluding hydrogens is 192 g/mol. The molecule has 0 fully saturated rings. The van der Waals surface area contributed by atoms with Gasteiger partial charge in [-0.3, -0.25) is 0 Å². The number of benzene rings is 1. The normalized spacial score (nSPS) is 14.9. The van der Waals surface area contributed by atoms with Crippen molar-refractivity contribution in [2.45, 2.75) is 19.1 Å². The number of hydrogen-bond donors (Lipinski definition) is 4. The molecule has 0 aliphatic heterocycles. The number of nitrogens with two attached hydrogens (primary N) is 1. The van der Waals surface area contributed by atoms with Crippen molar-refractivity contribution < 1.29 is 10.2 Å². The molecule has 0 spiro atoms. The summed E-state index contributed by atoms with van der Waals surface area (Å²) in [6.07, 6.45) is -1.69. The second kappa shape index (κ2) is 5.11. The van der Waals surface area contributed by atoms with Gasteiger partial charge in [0.2, 0.25) is 0 Å². The summed E-state index contributed by atoms with van der Waals surface area (Å²) in [6, 6.07) is 5.25. The SMILES string of the molecule is CNCC(O)C(O)c1ccc(N)c(C)c1. The Labute approximate surface area is 89.7 Å². The quantitative estimate of drug-likeness (QED) is 0.535. The summed E-state index contributed by atoms with van der Waals surface area (Å²) in [5.74, 6) is 0. The van der Waals surface area contributed by atoms with E-state index in [1.54, 1.807) is 25.2 Å². The Bertz CT molecular complexity index is 328. The first-order valence-corrected chi connectivity index (χ1v) is 4.93. The van der Waals surface area contributed by atoms with Crippen molar-refractivity contribution in [1.29, 1.82) is 0 Å². The number of aliphatic hydroxyl groups is 2. The molecule has 0 aliphatic rings. The summed E-state index contributed by atoms with van der Waals surface area (Å²) in [5.41, 5.74) is 7.95. The molecule has 0 heterocycles. The Balaban J connectivity index is 2.81. The van der Waals surface area contributed by atoms with Gasteiger partial charge >= 0.3 is 0 Å². The van der Waals surface area contributed by atoms with Gasteiger partial charge in [0.05, 0.1) is 6.10 Å². The Morgan fingerprint density at radius 1 is 1.40 bits per heavy atom. The van der Waals surface area contributed by atoms with E-state index >= 15 is 0 Å². The van der Waals surface area contributed by atoms with Crippen LogP contribution >= 0.6 is 0 Å². The maximum Gasteiger partial charge on any atom is 0.106 e. The van der Waals surface area contributed by atoms with E-state index in [4.69, 9.17) is 5.73 Å². The van der Waals surface area contributed by atoms with Crippen molar-refractivity contribution in [1.82, 2.24) is 5.32 Å². The number of aliphatic hydroxyl groups excluding tert-OH is 2. The number of likely N-dealkylation sites (N-methyl/N-ethyl adjacent to an activating group) is 1. The molecule has 15 heavy (non-hydrogen) atoms. The van der Waals surface area contributed by atoms with Gasteiger partial charge in [0.1, 0.15) is 6.10 Å². The molecule has 5 N–H and O–H groups in total. The molecule has 2 unspecified atom stereocenters. The summed E-state index contributed by atoms with van der Waals surface area (Å²) >= 11 is 0. The standard InChI is InChI=1S/C11H18N2O2/c1-7-5-8(3-4-9(7)12)11(15)10(14)6-13-2/h3-5,10-11,13-15H,6,12H2,1-2H3. The molecule has 0 amide bonds. The van der Waals surface area contributed by atoms with E-state index in [0.29, 0.717) is 17.8 Å². The van der Waals surface area contributed by atoms with Crippen molar-refractivity contribution in [3.8, 4) is 0 Å². The summed E-state index contributed by atoms with van der Waals surface area (Å²) in [7, 11) is 1.73. The van der Waals surface area contributed by atoms with Gasteiger partial charge in [-0.15, -0.1) is 0 Å². The lowest BCUT2D eigenvalue weighted by Crippen LogP contribution is -2.29. The lowest BCUT2D eigenvalue weighted by atomic mass is 10.0. The van der Waals surface area contributed by atoms with Crippen LogP contribution in [0.1, 0.15) is 17.2 Å². The predicted octanol–water partition coefficient (Wildman–Crippen LogP) is 0.191. The average Bonchev–Trinajstić information content (AvgIpc) is 2.21. The molecule has 1 aromatic rings. The van der Waals surface area contributed by atoms with Crippen LogP contribution in [0.2, 0.25) is 0 Å². The molecule has 0 aliphatic carbocycles. The Morgan fingerprint density at radius 3 is 2.60 bits per heavy atom. The van der Waals surface area contributed by atoms with Gasteiger partial charge in [-0.25, -0.2) is 0 Å². The van der Waals surface area contributed by atoms with Gasteiger partial charge < -0.3 is 21.3 Å². The second-order valence-corrected chi connectivity index (χ2v) is 3.69. The fourth-order valence-electron chi connectivity index (χ4n) is 1.43. The van der Waals surface area contributed by atoms with Crippen LogP contribution in [0.15, 0.2) is 18.2 Å². The fourth-order valence-corrected chi connectivity index (χ4v) is 1.43. The highest BCUT2D eigenvalue weighted by Gasteiger charge is 2.17. The van der Waals surface area contributed by atoms with Crippen LogP contribution in [0, 0.1) is 6.92 Å². The number of hydrogen-bond acceptors (Lipinski definition) is 4. The number of aryl methyl sites for hydroxylation is 1.